The zero-order valence-corrected chi connectivity index (χ0v) is 13.2. The molecule has 1 amide bonds. The van der Waals surface area contributed by atoms with Gasteiger partial charge in [-0.3, -0.25) is 4.79 Å². The van der Waals surface area contributed by atoms with Gasteiger partial charge < -0.3 is 10.4 Å². The number of nitrogens with one attached hydrogen (secondary N) is 1. The quantitative estimate of drug-likeness (QED) is 0.839. The van der Waals surface area contributed by atoms with E-state index in [1.165, 1.54) is 0 Å². The fourth-order valence-electron chi connectivity index (χ4n) is 2.46. The highest BCUT2D eigenvalue weighted by Crippen LogP contribution is 2.25. The van der Waals surface area contributed by atoms with Crippen molar-refractivity contribution in [1.82, 2.24) is 5.32 Å². The number of carbonyl (C=O) groups excluding carboxylic acids is 1. The average Bonchev–Trinajstić information content (AvgIpc) is 2.43. The molecule has 0 aliphatic heterocycles. The number of hydrogen-bond acceptors (Lipinski definition) is 2. The molecule has 1 aromatic rings. The number of aliphatic hydroxyl groups excluding tert-OH is 1. The van der Waals surface area contributed by atoms with Crippen molar-refractivity contribution < 1.29 is 9.90 Å². The standard InChI is InChI=1S/C17H27NO2/c1-6-13-9-7-8-10-14(13)16(20)18-11-17(4,5)15(19)12(2)3/h7-10,12,15,19H,6,11H2,1-5H3,(H,18,20). The van der Waals surface area contributed by atoms with Crippen LogP contribution in [0.15, 0.2) is 24.3 Å². The molecule has 3 heteroatoms. The fourth-order valence-corrected chi connectivity index (χ4v) is 2.46. The maximum atomic E-state index is 12.3. The smallest absolute Gasteiger partial charge is 0.251 e. The molecule has 0 radical (unpaired) electrons. The maximum Gasteiger partial charge on any atom is 0.251 e. The lowest BCUT2D eigenvalue weighted by molar-refractivity contribution is 0.0138. The second-order valence-electron chi connectivity index (χ2n) is 6.37. The molecule has 0 aliphatic rings. The Bertz CT molecular complexity index is 452. The molecule has 0 aromatic heterocycles. The molecule has 20 heavy (non-hydrogen) atoms. The number of aliphatic hydroxyl groups is 1. The minimum absolute atomic E-state index is 0.0634. The lowest BCUT2D eigenvalue weighted by atomic mass is 9.80. The monoisotopic (exact) mass is 277 g/mol. The second kappa shape index (κ2) is 6.89. The van der Waals surface area contributed by atoms with Crippen molar-refractivity contribution in [2.45, 2.75) is 47.1 Å². The van der Waals surface area contributed by atoms with Crippen LogP contribution in [-0.2, 0) is 6.42 Å². The highest BCUT2D eigenvalue weighted by molar-refractivity contribution is 5.95. The molecule has 0 saturated carbocycles. The van der Waals surface area contributed by atoms with Crippen LogP contribution in [0.25, 0.3) is 0 Å². The van der Waals surface area contributed by atoms with Gasteiger partial charge in [-0.15, -0.1) is 0 Å². The summed E-state index contributed by atoms with van der Waals surface area (Å²) in [4.78, 5) is 12.3. The predicted molar refractivity (Wildman–Crippen MR) is 82.8 cm³/mol. The Hall–Kier alpha value is -1.35. The Morgan fingerprint density at radius 1 is 1.30 bits per heavy atom. The van der Waals surface area contributed by atoms with Crippen molar-refractivity contribution in [2.24, 2.45) is 11.3 Å². The number of carbonyl (C=O) groups is 1. The third-order valence-corrected chi connectivity index (χ3v) is 3.78. The van der Waals surface area contributed by atoms with E-state index in [2.05, 4.69) is 5.32 Å². The minimum Gasteiger partial charge on any atom is -0.392 e. The van der Waals surface area contributed by atoms with Gasteiger partial charge in [0.05, 0.1) is 6.10 Å². The molecule has 0 spiro atoms. The Balaban J connectivity index is 2.72. The summed E-state index contributed by atoms with van der Waals surface area (Å²) >= 11 is 0. The summed E-state index contributed by atoms with van der Waals surface area (Å²) in [5.41, 5.74) is 1.43. The summed E-state index contributed by atoms with van der Waals surface area (Å²) in [6, 6.07) is 7.65. The molecule has 1 atom stereocenters. The van der Waals surface area contributed by atoms with Crippen molar-refractivity contribution in [3.63, 3.8) is 0 Å². The topological polar surface area (TPSA) is 49.3 Å². The Labute approximate surface area is 122 Å². The summed E-state index contributed by atoms with van der Waals surface area (Å²) < 4.78 is 0. The highest BCUT2D eigenvalue weighted by Gasteiger charge is 2.30. The van der Waals surface area contributed by atoms with Gasteiger partial charge in [-0.25, -0.2) is 0 Å². The first kappa shape index (κ1) is 16.7. The zero-order valence-electron chi connectivity index (χ0n) is 13.2. The van der Waals surface area contributed by atoms with Crippen molar-refractivity contribution in [3.8, 4) is 0 Å². The van der Waals surface area contributed by atoms with E-state index in [1.807, 2.05) is 58.9 Å². The van der Waals surface area contributed by atoms with Crippen LogP contribution < -0.4 is 5.32 Å². The molecule has 0 heterocycles. The number of hydrogen-bond donors (Lipinski definition) is 2. The van der Waals surface area contributed by atoms with E-state index in [9.17, 15) is 9.90 Å². The van der Waals surface area contributed by atoms with E-state index in [-0.39, 0.29) is 17.2 Å². The molecule has 112 valence electrons. The molecule has 1 unspecified atom stereocenters. The SMILES string of the molecule is CCc1ccccc1C(=O)NCC(C)(C)C(O)C(C)C. The molecule has 1 rings (SSSR count). The molecule has 2 N–H and O–H groups in total. The lowest BCUT2D eigenvalue weighted by Gasteiger charge is -2.33. The van der Waals surface area contributed by atoms with E-state index in [4.69, 9.17) is 0 Å². The van der Waals surface area contributed by atoms with Crippen LogP contribution in [0.5, 0.6) is 0 Å². The summed E-state index contributed by atoms with van der Waals surface area (Å²) in [5, 5.41) is 13.1. The third-order valence-electron chi connectivity index (χ3n) is 3.78. The van der Waals surface area contributed by atoms with Gasteiger partial charge in [0.2, 0.25) is 0 Å². The first-order valence-corrected chi connectivity index (χ1v) is 7.33. The number of benzene rings is 1. The van der Waals surface area contributed by atoms with Crippen molar-refractivity contribution in [3.05, 3.63) is 35.4 Å². The highest BCUT2D eigenvalue weighted by atomic mass is 16.3. The van der Waals surface area contributed by atoms with E-state index in [1.54, 1.807) is 0 Å². The van der Waals surface area contributed by atoms with Crippen molar-refractivity contribution >= 4 is 5.91 Å². The van der Waals surface area contributed by atoms with Crippen LogP contribution >= 0.6 is 0 Å². The van der Waals surface area contributed by atoms with Crippen molar-refractivity contribution in [1.29, 1.82) is 0 Å². The van der Waals surface area contributed by atoms with Crippen LogP contribution in [0.4, 0.5) is 0 Å². The number of rotatable bonds is 6. The second-order valence-corrected chi connectivity index (χ2v) is 6.37. The van der Waals surface area contributed by atoms with Gasteiger partial charge in [-0.05, 0) is 24.0 Å². The van der Waals surface area contributed by atoms with Gasteiger partial charge in [-0.2, -0.15) is 0 Å². The van der Waals surface area contributed by atoms with Gasteiger partial charge in [-0.1, -0.05) is 52.8 Å². The van der Waals surface area contributed by atoms with Crippen molar-refractivity contribution in [2.75, 3.05) is 6.54 Å². The molecular formula is C17H27NO2. The maximum absolute atomic E-state index is 12.3. The predicted octanol–water partition coefficient (Wildman–Crippen LogP) is 3.02. The average molecular weight is 277 g/mol. The summed E-state index contributed by atoms with van der Waals surface area (Å²) in [5.74, 6) is 0.108. The Morgan fingerprint density at radius 2 is 1.90 bits per heavy atom. The summed E-state index contributed by atoms with van der Waals surface area (Å²) in [6.07, 6.45) is 0.394. The lowest BCUT2D eigenvalue weighted by Crippen LogP contribution is -2.43. The normalized spacial score (nSPS) is 13.3. The summed E-state index contributed by atoms with van der Waals surface area (Å²) in [7, 11) is 0. The molecule has 3 nitrogen and oxygen atoms in total. The van der Waals surface area contributed by atoms with Gasteiger partial charge in [0.25, 0.3) is 5.91 Å². The molecule has 0 aliphatic carbocycles. The van der Waals surface area contributed by atoms with Crippen LogP contribution in [0.2, 0.25) is 0 Å². The molecular weight excluding hydrogens is 250 g/mol. The van der Waals surface area contributed by atoms with Crippen LogP contribution in [0, 0.1) is 11.3 Å². The van der Waals surface area contributed by atoms with Gasteiger partial charge in [0.1, 0.15) is 0 Å². The first-order valence-electron chi connectivity index (χ1n) is 7.33. The number of aryl methyl sites for hydroxylation is 1. The fraction of sp³-hybridized carbons (Fsp3) is 0.588. The molecule has 1 aromatic carbocycles. The van der Waals surface area contributed by atoms with Gasteiger partial charge in [0.15, 0.2) is 0 Å². The third kappa shape index (κ3) is 4.07. The number of amides is 1. The van der Waals surface area contributed by atoms with Crippen LogP contribution in [-0.4, -0.2) is 23.7 Å². The molecule has 0 saturated heterocycles. The largest absolute Gasteiger partial charge is 0.392 e. The van der Waals surface area contributed by atoms with Gasteiger partial charge in [0, 0.05) is 17.5 Å². The zero-order chi connectivity index (χ0) is 15.3. The van der Waals surface area contributed by atoms with E-state index in [0.29, 0.717) is 6.54 Å². The Morgan fingerprint density at radius 3 is 2.45 bits per heavy atom. The van der Waals surface area contributed by atoms with Gasteiger partial charge >= 0.3 is 0 Å². The minimum atomic E-state index is -0.441. The first-order chi connectivity index (χ1) is 9.29. The summed E-state index contributed by atoms with van der Waals surface area (Å²) in [6.45, 7) is 10.4. The van der Waals surface area contributed by atoms with E-state index >= 15 is 0 Å². The van der Waals surface area contributed by atoms with Crippen LogP contribution in [0.3, 0.4) is 0 Å². The molecule has 0 fully saturated rings. The van der Waals surface area contributed by atoms with E-state index < -0.39 is 6.10 Å². The Kier molecular flexibility index (Phi) is 5.75. The van der Waals surface area contributed by atoms with E-state index in [0.717, 1.165) is 17.5 Å². The molecule has 0 bridgehead atoms. The van der Waals surface area contributed by atoms with Crippen LogP contribution in [0.1, 0.15) is 50.5 Å².